The van der Waals surface area contributed by atoms with Gasteiger partial charge in [-0.1, -0.05) is 31.5 Å². The number of nitrogens with one attached hydrogen (secondary N) is 1. The topological polar surface area (TPSA) is 81.2 Å². The molecule has 1 amide bonds. The summed E-state index contributed by atoms with van der Waals surface area (Å²) in [7, 11) is 0. The van der Waals surface area contributed by atoms with E-state index in [1.807, 2.05) is 6.92 Å². The first kappa shape index (κ1) is 16.1. The Morgan fingerprint density at radius 2 is 2.22 bits per heavy atom. The number of carbonyl (C=O) groups excluding carboxylic acids is 1. The number of nitrogens with zero attached hydrogens (tertiary/aromatic N) is 2. The molecule has 0 bridgehead atoms. The van der Waals surface area contributed by atoms with Crippen LogP contribution < -0.4 is 5.32 Å². The maximum absolute atomic E-state index is 12.1. The summed E-state index contributed by atoms with van der Waals surface area (Å²) in [5, 5.41) is 11.5. The monoisotopic (exact) mass is 335 g/mol. The van der Waals surface area contributed by atoms with Gasteiger partial charge in [-0.25, -0.2) is 0 Å². The molecule has 1 fully saturated rings. The Balaban J connectivity index is 1.51. The lowest BCUT2D eigenvalue weighted by Crippen LogP contribution is -2.41. The van der Waals surface area contributed by atoms with Crippen molar-refractivity contribution in [2.24, 2.45) is 5.92 Å². The van der Waals surface area contributed by atoms with Crippen molar-refractivity contribution in [1.29, 1.82) is 0 Å². The molecule has 0 aliphatic heterocycles. The first-order chi connectivity index (χ1) is 11.1. The third-order valence-electron chi connectivity index (χ3n) is 4.28. The van der Waals surface area contributed by atoms with E-state index >= 15 is 0 Å². The third-order valence-corrected chi connectivity index (χ3v) is 5.10. The fourth-order valence-electron chi connectivity index (χ4n) is 2.89. The van der Waals surface area contributed by atoms with Crippen LogP contribution in [0.15, 0.2) is 26.4 Å². The number of aromatic nitrogens is 2. The second-order valence-electron chi connectivity index (χ2n) is 5.99. The molecule has 2 atom stereocenters. The standard InChI is InChI=1S/C16H21N3O3S/c1-10-5-3-4-6-13(10)17-14(20)9-23-16-19-18-15(22-16)12-7-8-21-11(12)2/h7-8,10,13H,3-6,9H2,1-2H3,(H,17,20)/t10-,13-/m0/s1. The number of aryl methyl sites for hydroxylation is 1. The number of rotatable bonds is 5. The zero-order valence-electron chi connectivity index (χ0n) is 13.4. The molecule has 2 aromatic heterocycles. The molecule has 1 saturated carbocycles. The Kier molecular flexibility index (Phi) is 5.05. The van der Waals surface area contributed by atoms with E-state index in [9.17, 15) is 4.79 Å². The van der Waals surface area contributed by atoms with Gasteiger partial charge in [-0.3, -0.25) is 4.79 Å². The molecule has 1 aliphatic rings. The van der Waals surface area contributed by atoms with E-state index < -0.39 is 0 Å². The number of amides is 1. The normalized spacial score (nSPS) is 21.3. The van der Waals surface area contributed by atoms with E-state index in [-0.39, 0.29) is 11.7 Å². The van der Waals surface area contributed by atoms with Crippen LogP contribution in [0.2, 0.25) is 0 Å². The molecule has 2 heterocycles. The lowest BCUT2D eigenvalue weighted by molar-refractivity contribution is -0.119. The maximum Gasteiger partial charge on any atom is 0.277 e. The average molecular weight is 335 g/mol. The number of hydrogen-bond acceptors (Lipinski definition) is 6. The first-order valence-electron chi connectivity index (χ1n) is 7.93. The molecule has 3 rings (SSSR count). The van der Waals surface area contributed by atoms with Gasteiger partial charge in [0.2, 0.25) is 5.91 Å². The molecule has 0 saturated heterocycles. The minimum Gasteiger partial charge on any atom is -0.469 e. The SMILES string of the molecule is Cc1occc1-c1nnc(SCC(=O)N[C@H]2CCCC[C@@H]2C)o1. The van der Waals surface area contributed by atoms with Crippen LogP contribution in [0.25, 0.3) is 11.5 Å². The summed E-state index contributed by atoms with van der Waals surface area (Å²) >= 11 is 1.26. The van der Waals surface area contributed by atoms with Gasteiger partial charge in [-0.05, 0) is 31.7 Å². The van der Waals surface area contributed by atoms with Crippen molar-refractivity contribution < 1.29 is 13.6 Å². The number of carbonyl (C=O) groups is 1. The van der Waals surface area contributed by atoms with Crippen molar-refractivity contribution in [2.75, 3.05) is 5.75 Å². The Labute approximate surface area is 139 Å². The van der Waals surface area contributed by atoms with Gasteiger partial charge in [0, 0.05) is 6.04 Å². The van der Waals surface area contributed by atoms with E-state index in [0.29, 0.717) is 23.1 Å². The van der Waals surface area contributed by atoms with E-state index in [4.69, 9.17) is 8.83 Å². The van der Waals surface area contributed by atoms with Crippen LogP contribution in [-0.4, -0.2) is 27.9 Å². The molecule has 1 aliphatic carbocycles. The van der Waals surface area contributed by atoms with Gasteiger partial charge in [0.25, 0.3) is 11.1 Å². The lowest BCUT2D eigenvalue weighted by atomic mass is 9.86. The molecule has 1 N–H and O–H groups in total. The van der Waals surface area contributed by atoms with Crippen molar-refractivity contribution in [2.45, 2.75) is 50.8 Å². The van der Waals surface area contributed by atoms with E-state index in [1.165, 1.54) is 31.0 Å². The molecule has 0 aromatic carbocycles. The van der Waals surface area contributed by atoms with Crippen LogP contribution in [0.4, 0.5) is 0 Å². The Bertz CT molecular complexity index is 667. The predicted molar refractivity (Wildman–Crippen MR) is 87.0 cm³/mol. The van der Waals surface area contributed by atoms with Crippen LogP contribution in [0.1, 0.15) is 38.4 Å². The van der Waals surface area contributed by atoms with Crippen LogP contribution in [0.3, 0.4) is 0 Å². The molecular weight excluding hydrogens is 314 g/mol. The summed E-state index contributed by atoms with van der Waals surface area (Å²) in [5.41, 5.74) is 0.782. The zero-order chi connectivity index (χ0) is 16.2. The van der Waals surface area contributed by atoms with Gasteiger partial charge in [0.15, 0.2) is 0 Å². The number of furan rings is 1. The highest BCUT2D eigenvalue weighted by Gasteiger charge is 2.23. The molecule has 23 heavy (non-hydrogen) atoms. The fraction of sp³-hybridized carbons (Fsp3) is 0.562. The summed E-state index contributed by atoms with van der Waals surface area (Å²) < 4.78 is 10.8. The minimum atomic E-state index is 0.0213. The molecule has 124 valence electrons. The highest BCUT2D eigenvalue weighted by atomic mass is 32.2. The van der Waals surface area contributed by atoms with E-state index in [2.05, 4.69) is 22.4 Å². The molecule has 7 heteroatoms. The van der Waals surface area contributed by atoms with Gasteiger partial charge in [0.1, 0.15) is 5.76 Å². The minimum absolute atomic E-state index is 0.0213. The summed E-state index contributed by atoms with van der Waals surface area (Å²) in [4.78, 5) is 12.1. The second-order valence-corrected chi connectivity index (χ2v) is 6.91. The molecular formula is C16H21N3O3S. The highest BCUT2D eigenvalue weighted by Crippen LogP contribution is 2.27. The van der Waals surface area contributed by atoms with Crippen LogP contribution >= 0.6 is 11.8 Å². The van der Waals surface area contributed by atoms with E-state index in [1.54, 1.807) is 12.3 Å². The fourth-order valence-corrected chi connectivity index (χ4v) is 3.46. The van der Waals surface area contributed by atoms with Crippen molar-refractivity contribution >= 4 is 17.7 Å². The van der Waals surface area contributed by atoms with Gasteiger partial charge < -0.3 is 14.2 Å². The summed E-state index contributed by atoms with van der Waals surface area (Å²) in [6.07, 6.45) is 6.30. The average Bonchev–Trinajstić information content (AvgIpc) is 3.16. The van der Waals surface area contributed by atoms with Crippen molar-refractivity contribution in [3.05, 3.63) is 18.1 Å². The van der Waals surface area contributed by atoms with Crippen LogP contribution in [0.5, 0.6) is 0 Å². The molecule has 2 aromatic rings. The maximum atomic E-state index is 12.1. The third kappa shape index (κ3) is 3.96. The van der Waals surface area contributed by atoms with Crippen molar-refractivity contribution in [1.82, 2.24) is 15.5 Å². The predicted octanol–water partition coefficient (Wildman–Crippen LogP) is 3.43. The number of hydrogen-bond donors (Lipinski definition) is 1. The quantitative estimate of drug-likeness (QED) is 0.843. The largest absolute Gasteiger partial charge is 0.469 e. The Morgan fingerprint density at radius 1 is 1.39 bits per heavy atom. The van der Waals surface area contributed by atoms with Gasteiger partial charge in [-0.15, -0.1) is 10.2 Å². The molecule has 0 radical (unpaired) electrons. The van der Waals surface area contributed by atoms with Gasteiger partial charge >= 0.3 is 0 Å². The van der Waals surface area contributed by atoms with Gasteiger partial charge in [-0.2, -0.15) is 0 Å². The molecule has 0 unspecified atom stereocenters. The lowest BCUT2D eigenvalue weighted by Gasteiger charge is -2.29. The number of thioether (sulfide) groups is 1. The van der Waals surface area contributed by atoms with Crippen molar-refractivity contribution in [3.63, 3.8) is 0 Å². The van der Waals surface area contributed by atoms with Crippen LogP contribution in [-0.2, 0) is 4.79 Å². The zero-order valence-corrected chi connectivity index (χ0v) is 14.2. The molecule has 0 spiro atoms. The van der Waals surface area contributed by atoms with Crippen molar-refractivity contribution in [3.8, 4) is 11.5 Å². The Morgan fingerprint density at radius 3 is 2.96 bits per heavy atom. The summed E-state index contributed by atoms with van der Waals surface area (Å²) in [6.45, 7) is 4.04. The summed E-state index contributed by atoms with van der Waals surface area (Å²) in [5.74, 6) is 2.01. The van der Waals surface area contributed by atoms with Crippen LogP contribution in [0, 0.1) is 12.8 Å². The summed E-state index contributed by atoms with van der Waals surface area (Å²) in [6, 6.07) is 2.08. The highest BCUT2D eigenvalue weighted by molar-refractivity contribution is 7.99. The molecule has 6 nitrogen and oxygen atoms in total. The van der Waals surface area contributed by atoms with Gasteiger partial charge in [0.05, 0.1) is 17.6 Å². The van der Waals surface area contributed by atoms with E-state index in [0.717, 1.165) is 17.7 Å². The second kappa shape index (κ2) is 7.21. The Hall–Kier alpha value is -1.76. The first-order valence-corrected chi connectivity index (χ1v) is 8.92. The smallest absolute Gasteiger partial charge is 0.277 e.